The first-order valence-electron chi connectivity index (χ1n) is 4.08. The molecular formula is C9H16O. The lowest BCUT2D eigenvalue weighted by molar-refractivity contribution is -0.133. The zero-order valence-corrected chi connectivity index (χ0v) is 7.11. The van der Waals surface area contributed by atoms with Gasteiger partial charge in [-0.25, -0.2) is 0 Å². The van der Waals surface area contributed by atoms with Crippen molar-refractivity contribution in [1.82, 2.24) is 0 Å². The summed E-state index contributed by atoms with van der Waals surface area (Å²) in [6, 6.07) is 0. The smallest absolute Gasteiger partial charge is 0.141 e. The number of ketones is 1. The summed E-state index contributed by atoms with van der Waals surface area (Å²) in [4.78, 5) is 11.4. The standard InChI is InChI=1S/C9H16O/c1-7-5-4-6-9(2,3)8(7)10/h7H,4-6H2,1-3H3/t7-/m1/s1. The quantitative estimate of drug-likeness (QED) is 0.505. The average molecular weight is 140 g/mol. The van der Waals surface area contributed by atoms with Crippen molar-refractivity contribution in [3.8, 4) is 0 Å². The molecule has 1 aliphatic rings. The summed E-state index contributed by atoms with van der Waals surface area (Å²) in [6.45, 7) is 6.17. The Labute approximate surface area is 62.8 Å². The van der Waals surface area contributed by atoms with Crippen LogP contribution in [0.1, 0.15) is 40.0 Å². The van der Waals surface area contributed by atoms with E-state index in [9.17, 15) is 4.79 Å². The van der Waals surface area contributed by atoms with E-state index < -0.39 is 0 Å². The van der Waals surface area contributed by atoms with Gasteiger partial charge in [0.25, 0.3) is 0 Å². The van der Waals surface area contributed by atoms with Gasteiger partial charge in [-0.3, -0.25) is 4.79 Å². The second-order valence-electron chi connectivity index (χ2n) is 4.04. The van der Waals surface area contributed by atoms with E-state index >= 15 is 0 Å². The van der Waals surface area contributed by atoms with E-state index in [-0.39, 0.29) is 5.41 Å². The van der Waals surface area contributed by atoms with Gasteiger partial charge in [0.15, 0.2) is 0 Å². The summed E-state index contributed by atoms with van der Waals surface area (Å²) in [5, 5.41) is 0. The molecule has 0 aromatic carbocycles. The van der Waals surface area contributed by atoms with Crippen LogP contribution < -0.4 is 0 Å². The largest absolute Gasteiger partial charge is 0.299 e. The van der Waals surface area contributed by atoms with Gasteiger partial charge >= 0.3 is 0 Å². The molecule has 0 aromatic heterocycles. The van der Waals surface area contributed by atoms with E-state index in [1.807, 2.05) is 6.92 Å². The predicted octanol–water partition coefficient (Wildman–Crippen LogP) is 2.40. The highest BCUT2D eigenvalue weighted by molar-refractivity contribution is 5.86. The molecule has 58 valence electrons. The van der Waals surface area contributed by atoms with Crippen LogP contribution in [0, 0.1) is 11.3 Å². The molecule has 0 N–H and O–H groups in total. The summed E-state index contributed by atoms with van der Waals surface area (Å²) < 4.78 is 0. The third-order valence-electron chi connectivity index (χ3n) is 2.55. The monoisotopic (exact) mass is 140 g/mol. The lowest BCUT2D eigenvalue weighted by Crippen LogP contribution is -2.33. The van der Waals surface area contributed by atoms with Crippen LogP contribution in [0.5, 0.6) is 0 Å². The zero-order valence-electron chi connectivity index (χ0n) is 7.11. The molecule has 0 bridgehead atoms. The van der Waals surface area contributed by atoms with Crippen molar-refractivity contribution in [2.75, 3.05) is 0 Å². The van der Waals surface area contributed by atoms with Gasteiger partial charge in [0.05, 0.1) is 0 Å². The molecule has 0 amide bonds. The van der Waals surface area contributed by atoms with Crippen LogP contribution in [0.15, 0.2) is 0 Å². The summed E-state index contributed by atoms with van der Waals surface area (Å²) in [5.41, 5.74) is -0.0301. The van der Waals surface area contributed by atoms with Crippen molar-refractivity contribution in [2.24, 2.45) is 11.3 Å². The maximum Gasteiger partial charge on any atom is 0.141 e. The Bertz CT molecular complexity index is 147. The minimum Gasteiger partial charge on any atom is -0.299 e. The van der Waals surface area contributed by atoms with Gasteiger partial charge in [-0.1, -0.05) is 27.2 Å². The van der Waals surface area contributed by atoms with Gasteiger partial charge in [-0.05, 0) is 12.8 Å². The van der Waals surface area contributed by atoms with Gasteiger partial charge in [0.1, 0.15) is 5.78 Å². The molecule has 10 heavy (non-hydrogen) atoms. The second kappa shape index (κ2) is 2.37. The molecule has 1 nitrogen and oxygen atoms in total. The van der Waals surface area contributed by atoms with E-state index in [1.54, 1.807) is 0 Å². The highest BCUT2D eigenvalue weighted by Crippen LogP contribution is 2.34. The molecule has 0 radical (unpaired) electrons. The third kappa shape index (κ3) is 1.23. The molecule has 1 rings (SSSR count). The molecule has 1 aliphatic carbocycles. The number of carbonyl (C=O) groups excluding carboxylic acids is 1. The van der Waals surface area contributed by atoms with E-state index in [4.69, 9.17) is 0 Å². The Kier molecular flexibility index (Phi) is 1.84. The van der Waals surface area contributed by atoms with Gasteiger partial charge < -0.3 is 0 Å². The zero-order chi connectivity index (χ0) is 7.78. The van der Waals surface area contributed by atoms with E-state index in [1.165, 1.54) is 6.42 Å². The SMILES string of the molecule is C[C@@H]1CCCC(C)(C)C1=O. The fourth-order valence-electron chi connectivity index (χ4n) is 1.77. The fraction of sp³-hybridized carbons (Fsp3) is 0.889. The van der Waals surface area contributed by atoms with Crippen LogP contribution in [0.2, 0.25) is 0 Å². The second-order valence-corrected chi connectivity index (χ2v) is 4.04. The first-order chi connectivity index (χ1) is 4.54. The Morgan fingerprint density at radius 1 is 1.50 bits per heavy atom. The lowest BCUT2D eigenvalue weighted by atomic mass is 9.72. The normalized spacial score (nSPS) is 32.3. The van der Waals surface area contributed by atoms with Crippen LogP contribution in [0.25, 0.3) is 0 Å². The molecule has 0 aliphatic heterocycles. The number of hydrogen-bond acceptors (Lipinski definition) is 1. The summed E-state index contributed by atoms with van der Waals surface area (Å²) in [5.74, 6) is 0.766. The third-order valence-corrected chi connectivity index (χ3v) is 2.55. The molecule has 0 aromatic rings. The van der Waals surface area contributed by atoms with Crippen molar-refractivity contribution >= 4 is 5.78 Å². The Balaban J connectivity index is 2.70. The molecule has 1 fully saturated rings. The maximum atomic E-state index is 11.4. The maximum absolute atomic E-state index is 11.4. The van der Waals surface area contributed by atoms with Crippen LogP contribution in [-0.2, 0) is 4.79 Å². The van der Waals surface area contributed by atoms with Crippen molar-refractivity contribution in [1.29, 1.82) is 0 Å². The average Bonchev–Trinajstić information content (AvgIpc) is 1.83. The number of Topliss-reactive ketones (excluding diaryl/α,β-unsaturated/α-hetero) is 1. The van der Waals surface area contributed by atoms with Gasteiger partial charge in [0, 0.05) is 11.3 Å². The minimum absolute atomic E-state index is 0.0301. The van der Waals surface area contributed by atoms with Crippen LogP contribution in [0.4, 0.5) is 0 Å². The molecule has 0 unspecified atom stereocenters. The van der Waals surface area contributed by atoms with E-state index in [2.05, 4.69) is 13.8 Å². The molecule has 1 heteroatoms. The van der Waals surface area contributed by atoms with Crippen molar-refractivity contribution in [2.45, 2.75) is 40.0 Å². The minimum atomic E-state index is -0.0301. The Hall–Kier alpha value is -0.330. The number of hydrogen-bond donors (Lipinski definition) is 0. The highest BCUT2D eigenvalue weighted by atomic mass is 16.1. The van der Waals surface area contributed by atoms with Crippen molar-refractivity contribution in [3.63, 3.8) is 0 Å². The van der Waals surface area contributed by atoms with Gasteiger partial charge in [-0.2, -0.15) is 0 Å². The van der Waals surface area contributed by atoms with Gasteiger partial charge in [0.2, 0.25) is 0 Å². The Morgan fingerprint density at radius 2 is 2.10 bits per heavy atom. The molecule has 0 saturated heterocycles. The predicted molar refractivity (Wildman–Crippen MR) is 41.8 cm³/mol. The summed E-state index contributed by atoms with van der Waals surface area (Å²) >= 11 is 0. The van der Waals surface area contributed by atoms with Gasteiger partial charge in [-0.15, -0.1) is 0 Å². The van der Waals surface area contributed by atoms with Crippen molar-refractivity contribution in [3.05, 3.63) is 0 Å². The summed E-state index contributed by atoms with van der Waals surface area (Å²) in [6.07, 6.45) is 3.40. The van der Waals surface area contributed by atoms with Crippen LogP contribution in [0.3, 0.4) is 0 Å². The van der Waals surface area contributed by atoms with E-state index in [0.717, 1.165) is 12.8 Å². The molecular weight excluding hydrogens is 124 g/mol. The van der Waals surface area contributed by atoms with Crippen LogP contribution >= 0.6 is 0 Å². The summed E-state index contributed by atoms with van der Waals surface area (Å²) in [7, 11) is 0. The molecule has 1 atom stereocenters. The first-order valence-corrected chi connectivity index (χ1v) is 4.08. The molecule has 0 heterocycles. The lowest BCUT2D eigenvalue weighted by Gasteiger charge is -2.31. The number of carbonyl (C=O) groups is 1. The molecule has 0 spiro atoms. The van der Waals surface area contributed by atoms with Crippen LogP contribution in [-0.4, -0.2) is 5.78 Å². The fourth-order valence-corrected chi connectivity index (χ4v) is 1.77. The van der Waals surface area contributed by atoms with Crippen molar-refractivity contribution < 1.29 is 4.79 Å². The highest BCUT2D eigenvalue weighted by Gasteiger charge is 2.34. The van der Waals surface area contributed by atoms with E-state index in [0.29, 0.717) is 11.7 Å². The first kappa shape index (κ1) is 7.77. The Morgan fingerprint density at radius 3 is 2.50 bits per heavy atom. The number of rotatable bonds is 0. The molecule has 1 saturated carbocycles. The topological polar surface area (TPSA) is 17.1 Å².